The van der Waals surface area contributed by atoms with E-state index in [0.29, 0.717) is 0 Å². The first-order valence-corrected chi connectivity index (χ1v) is 6.26. The highest BCUT2D eigenvalue weighted by molar-refractivity contribution is 7.90. The molecule has 88 valence electrons. The fraction of sp³-hybridized carbons (Fsp3) is 0.222. The third-order valence-corrected chi connectivity index (χ3v) is 3.29. The first-order valence-electron chi connectivity index (χ1n) is 4.30. The van der Waals surface area contributed by atoms with Crippen LogP contribution in [-0.2, 0) is 9.84 Å². The summed E-state index contributed by atoms with van der Waals surface area (Å²) in [6.07, 6.45) is 0.981. The van der Waals surface area contributed by atoms with Crippen LogP contribution in [0.4, 0.5) is 5.69 Å². The molecule has 5 N–H and O–H groups in total. The minimum absolute atomic E-state index is 0.0666. The average molecular weight is 244 g/mol. The first-order chi connectivity index (χ1) is 7.23. The van der Waals surface area contributed by atoms with Gasteiger partial charge in [-0.15, -0.1) is 0 Å². The van der Waals surface area contributed by atoms with Gasteiger partial charge in [0.25, 0.3) is 0 Å². The molecule has 0 radical (unpaired) electrons. The summed E-state index contributed by atoms with van der Waals surface area (Å²) in [6, 6.07) is 3.89. The molecule has 1 rings (SSSR count). The number of hydrogen-bond acceptors (Lipinski definition) is 5. The van der Waals surface area contributed by atoms with E-state index in [0.717, 1.165) is 6.26 Å². The zero-order valence-corrected chi connectivity index (χ0v) is 9.36. The van der Waals surface area contributed by atoms with Crippen LogP contribution < -0.4 is 11.5 Å². The van der Waals surface area contributed by atoms with E-state index in [2.05, 4.69) is 0 Å². The van der Waals surface area contributed by atoms with Gasteiger partial charge in [-0.2, -0.15) is 0 Å². The van der Waals surface area contributed by atoms with E-state index in [1.54, 1.807) is 0 Å². The molecule has 0 heterocycles. The number of anilines is 1. The predicted octanol–water partition coefficient (Wildman–Crippen LogP) is -0.0311. The van der Waals surface area contributed by atoms with Crippen molar-refractivity contribution in [1.82, 2.24) is 0 Å². The van der Waals surface area contributed by atoms with Gasteiger partial charge in [-0.1, -0.05) is 6.07 Å². The molecule has 1 aromatic carbocycles. The third kappa shape index (κ3) is 2.50. The van der Waals surface area contributed by atoms with E-state index in [1.165, 1.54) is 18.2 Å². The molecule has 1 unspecified atom stereocenters. The molecule has 0 aliphatic carbocycles. The van der Waals surface area contributed by atoms with Gasteiger partial charge in [-0.25, -0.2) is 13.2 Å². The van der Waals surface area contributed by atoms with Crippen LogP contribution in [0.3, 0.4) is 0 Å². The van der Waals surface area contributed by atoms with Gasteiger partial charge < -0.3 is 16.6 Å². The summed E-state index contributed by atoms with van der Waals surface area (Å²) in [5, 5.41) is 7.56. The van der Waals surface area contributed by atoms with Crippen molar-refractivity contribution in [3.05, 3.63) is 29.3 Å². The molecule has 0 saturated carbocycles. The molecule has 7 heteroatoms. The van der Waals surface area contributed by atoms with Crippen LogP contribution in [0.2, 0.25) is 0 Å². The Bertz CT molecular complexity index is 524. The molecule has 0 spiro atoms. The second-order valence-electron chi connectivity index (χ2n) is 3.40. The summed E-state index contributed by atoms with van der Waals surface area (Å²) in [4.78, 5) is 10.8. The van der Waals surface area contributed by atoms with E-state index in [9.17, 15) is 13.2 Å². The zero-order chi connectivity index (χ0) is 12.5. The molecule has 0 bridgehead atoms. The summed E-state index contributed by atoms with van der Waals surface area (Å²) < 4.78 is 22.4. The van der Waals surface area contributed by atoms with Gasteiger partial charge in [0.1, 0.15) is 5.37 Å². The van der Waals surface area contributed by atoms with E-state index >= 15 is 0 Å². The van der Waals surface area contributed by atoms with Crippen molar-refractivity contribution in [2.75, 3.05) is 12.0 Å². The highest BCUT2D eigenvalue weighted by Crippen LogP contribution is 2.21. The van der Waals surface area contributed by atoms with Gasteiger partial charge in [0.05, 0.1) is 5.56 Å². The summed E-state index contributed by atoms with van der Waals surface area (Å²) >= 11 is 0. The number of nitrogens with two attached hydrogens (primary N) is 2. The van der Waals surface area contributed by atoms with Gasteiger partial charge in [-0.05, 0) is 17.7 Å². The average Bonchev–Trinajstić information content (AvgIpc) is 2.15. The Balaban J connectivity index is 3.29. The zero-order valence-electron chi connectivity index (χ0n) is 8.54. The molecule has 0 saturated heterocycles. The minimum atomic E-state index is -3.47. The number of benzene rings is 1. The Kier molecular flexibility index (Phi) is 3.20. The Labute approximate surface area is 92.8 Å². The standard InChI is InChI=1S/C9H12N2O4S/c1-16(14,15)8(11)5-2-3-7(10)6(4-5)9(12)13/h2-4,8H,10-11H2,1H3,(H,12,13). The lowest BCUT2D eigenvalue weighted by atomic mass is 10.1. The Hall–Kier alpha value is -1.60. The molecule has 6 nitrogen and oxygen atoms in total. The van der Waals surface area contributed by atoms with Crippen LogP contribution in [0.25, 0.3) is 0 Å². The van der Waals surface area contributed by atoms with Crippen molar-refractivity contribution in [1.29, 1.82) is 0 Å². The molecular weight excluding hydrogens is 232 g/mol. The fourth-order valence-corrected chi connectivity index (χ4v) is 1.82. The monoisotopic (exact) mass is 244 g/mol. The summed E-state index contributed by atoms with van der Waals surface area (Å²) in [7, 11) is -3.47. The summed E-state index contributed by atoms with van der Waals surface area (Å²) in [5.41, 5.74) is 11.0. The SMILES string of the molecule is CS(=O)(=O)C(N)c1ccc(N)c(C(=O)O)c1. The largest absolute Gasteiger partial charge is 0.478 e. The molecule has 1 atom stereocenters. The lowest BCUT2D eigenvalue weighted by molar-refractivity contribution is 0.0698. The smallest absolute Gasteiger partial charge is 0.337 e. The van der Waals surface area contributed by atoms with Crippen LogP contribution in [-0.4, -0.2) is 25.7 Å². The van der Waals surface area contributed by atoms with Gasteiger partial charge in [0.2, 0.25) is 0 Å². The van der Waals surface area contributed by atoms with Gasteiger partial charge in [0, 0.05) is 11.9 Å². The van der Waals surface area contributed by atoms with Crippen molar-refractivity contribution in [2.45, 2.75) is 5.37 Å². The number of hydrogen-bond donors (Lipinski definition) is 3. The van der Waals surface area contributed by atoms with Crippen LogP contribution in [0.15, 0.2) is 18.2 Å². The number of carboxylic acid groups (broad SMARTS) is 1. The topological polar surface area (TPSA) is 123 Å². The van der Waals surface area contributed by atoms with Crippen molar-refractivity contribution < 1.29 is 18.3 Å². The number of carboxylic acids is 1. The van der Waals surface area contributed by atoms with Gasteiger partial charge in [-0.3, -0.25) is 0 Å². The Morgan fingerprint density at radius 1 is 1.44 bits per heavy atom. The Morgan fingerprint density at radius 3 is 2.44 bits per heavy atom. The van der Waals surface area contributed by atoms with Crippen LogP contribution in [0.1, 0.15) is 21.3 Å². The molecule has 0 aliphatic heterocycles. The number of nitrogen functional groups attached to an aromatic ring is 1. The van der Waals surface area contributed by atoms with E-state index < -0.39 is 21.2 Å². The van der Waals surface area contributed by atoms with E-state index in [-0.39, 0.29) is 16.8 Å². The third-order valence-electron chi connectivity index (χ3n) is 2.10. The second kappa shape index (κ2) is 4.11. The van der Waals surface area contributed by atoms with Crippen molar-refractivity contribution >= 4 is 21.5 Å². The molecule has 0 aromatic heterocycles. The van der Waals surface area contributed by atoms with Crippen LogP contribution >= 0.6 is 0 Å². The number of sulfone groups is 1. The first kappa shape index (κ1) is 12.5. The Morgan fingerprint density at radius 2 is 2.00 bits per heavy atom. The van der Waals surface area contributed by atoms with E-state index in [1.807, 2.05) is 0 Å². The number of carbonyl (C=O) groups is 1. The lowest BCUT2D eigenvalue weighted by Gasteiger charge is -2.11. The van der Waals surface area contributed by atoms with Gasteiger partial charge in [0.15, 0.2) is 9.84 Å². The van der Waals surface area contributed by atoms with Crippen LogP contribution in [0, 0.1) is 0 Å². The molecule has 0 fully saturated rings. The number of rotatable bonds is 3. The van der Waals surface area contributed by atoms with Crippen molar-refractivity contribution in [3.63, 3.8) is 0 Å². The second-order valence-corrected chi connectivity index (χ2v) is 5.57. The van der Waals surface area contributed by atoms with Crippen LogP contribution in [0.5, 0.6) is 0 Å². The maximum atomic E-state index is 11.2. The summed E-state index contributed by atoms with van der Waals surface area (Å²) in [6.45, 7) is 0. The highest BCUT2D eigenvalue weighted by Gasteiger charge is 2.19. The molecule has 16 heavy (non-hydrogen) atoms. The minimum Gasteiger partial charge on any atom is -0.478 e. The lowest BCUT2D eigenvalue weighted by Crippen LogP contribution is -2.21. The number of aromatic carboxylic acids is 1. The normalized spacial score (nSPS) is 13.4. The molecular formula is C9H12N2O4S. The molecule has 0 amide bonds. The summed E-state index contributed by atoms with van der Waals surface area (Å²) in [5.74, 6) is -1.22. The maximum absolute atomic E-state index is 11.2. The maximum Gasteiger partial charge on any atom is 0.337 e. The van der Waals surface area contributed by atoms with Crippen molar-refractivity contribution in [3.8, 4) is 0 Å². The predicted molar refractivity (Wildman–Crippen MR) is 59.6 cm³/mol. The molecule has 1 aromatic rings. The molecule has 0 aliphatic rings. The van der Waals surface area contributed by atoms with E-state index in [4.69, 9.17) is 16.6 Å². The van der Waals surface area contributed by atoms with Crippen molar-refractivity contribution in [2.24, 2.45) is 5.73 Å². The fourth-order valence-electron chi connectivity index (χ4n) is 1.18. The highest BCUT2D eigenvalue weighted by atomic mass is 32.2. The quantitative estimate of drug-likeness (QED) is 0.641. The van der Waals surface area contributed by atoms with Gasteiger partial charge >= 0.3 is 5.97 Å².